The third-order valence-electron chi connectivity index (χ3n) is 6.55. The van der Waals surface area contributed by atoms with Crippen LogP contribution in [-0.4, -0.2) is 43.8 Å². The zero-order valence-electron chi connectivity index (χ0n) is 22.8. The molecule has 0 fully saturated rings. The van der Waals surface area contributed by atoms with Crippen LogP contribution in [0.15, 0.2) is 54.6 Å². The summed E-state index contributed by atoms with van der Waals surface area (Å²) in [6, 6.07) is 18.7. The molecule has 2 aromatic carbocycles. The van der Waals surface area contributed by atoms with Crippen LogP contribution in [0.2, 0.25) is 0 Å². The first-order chi connectivity index (χ1) is 16.8. The summed E-state index contributed by atoms with van der Waals surface area (Å²) >= 11 is 0. The number of carbonyl (C=O) groups is 1. The van der Waals surface area contributed by atoms with Crippen molar-refractivity contribution in [1.82, 2.24) is 0 Å². The summed E-state index contributed by atoms with van der Waals surface area (Å²) in [5.74, 6) is 0.667. The van der Waals surface area contributed by atoms with Crippen LogP contribution in [-0.2, 0) is 22.5 Å². The highest BCUT2D eigenvalue weighted by Gasteiger charge is 2.28. The molecular weight excluding hydrogens is 434 g/mol. The van der Waals surface area contributed by atoms with E-state index in [2.05, 4.69) is 64.3 Å². The van der Waals surface area contributed by atoms with Gasteiger partial charge in [0.25, 0.3) is 0 Å². The van der Waals surface area contributed by atoms with Crippen LogP contribution >= 0.6 is 0 Å². The number of rotatable bonds is 17. The minimum Gasteiger partial charge on any atom is -0.487 e. The van der Waals surface area contributed by atoms with Crippen molar-refractivity contribution in [3.05, 3.63) is 65.7 Å². The lowest BCUT2D eigenvalue weighted by Crippen LogP contribution is -2.45. The second-order valence-electron chi connectivity index (χ2n) is 10.6. The summed E-state index contributed by atoms with van der Waals surface area (Å²) in [4.78, 5) is 12.9. The highest BCUT2D eigenvalue weighted by molar-refractivity contribution is 5.72. The van der Waals surface area contributed by atoms with E-state index >= 15 is 0 Å². The maximum atomic E-state index is 12.9. The Labute approximate surface area is 214 Å². The van der Waals surface area contributed by atoms with Crippen molar-refractivity contribution in [2.24, 2.45) is 5.92 Å². The van der Waals surface area contributed by atoms with Gasteiger partial charge in [0, 0.05) is 5.56 Å². The fourth-order valence-corrected chi connectivity index (χ4v) is 4.60. The summed E-state index contributed by atoms with van der Waals surface area (Å²) in [7, 11) is 4.35. The first-order valence-electron chi connectivity index (χ1n) is 13.6. The van der Waals surface area contributed by atoms with Gasteiger partial charge in [0.2, 0.25) is 0 Å². The topological polar surface area (TPSA) is 35.5 Å². The normalized spacial score (nSPS) is 13.3. The van der Waals surface area contributed by atoms with Gasteiger partial charge < -0.3 is 14.0 Å². The molecule has 2 atom stereocenters. The number of hydrogen-bond acceptors (Lipinski definition) is 3. The number of esters is 1. The highest BCUT2D eigenvalue weighted by atomic mass is 16.6. The van der Waals surface area contributed by atoms with Gasteiger partial charge in [-0.05, 0) is 37.8 Å². The van der Waals surface area contributed by atoms with Crippen molar-refractivity contribution in [2.45, 2.75) is 84.8 Å². The lowest BCUT2D eigenvalue weighted by Gasteiger charge is -2.32. The Morgan fingerprint density at radius 3 is 2.26 bits per heavy atom. The Balaban J connectivity index is 1.81. The number of hydrogen-bond donors (Lipinski definition) is 0. The number of unbranched alkanes of at least 4 members (excludes halogenated alkanes) is 5. The van der Waals surface area contributed by atoms with Crippen molar-refractivity contribution in [3.63, 3.8) is 0 Å². The van der Waals surface area contributed by atoms with E-state index in [-0.39, 0.29) is 24.6 Å². The standard InChI is InChI=1S/C31H48NO3/c1-6-8-9-10-11-15-20-29-21-16-17-22-30(29)35-26(3)25-34-31(33)28(7-2)24-32(4,5)23-27-18-13-12-14-19-27/h12-14,16-19,21-22,26,28H,6-11,15,20,23-25H2,1-5H3/q+1. The summed E-state index contributed by atoms with van der Waals surface area (Å²) < 4.78 is 12.7. The van der Waals surface area contributed by atoms with Crippen LogP contribution in [0.1, 0.15) is 76.8 Å². The lowest BCUT2D eigenvalue weighted by atomic mass is 10.0. The van der Waals surface area contributed by atoms with Gasteiger partial charge in [0.15, 0.2) is 0 Å². The van der Waals surface area contributed by atoms with E-state index in [0.717, 1.165) is 36.2 Å². The average molecular weight is 483 g/mol. The minimum absolute atomic E-state index is 0.123. The van der Waals surface area contributed by atoms with E-state index in [4.69, 9.17) is 9.47 Å². The van der Waals surface area contributed by atoms with Crippen LogP contribution in [0.25, 0.3) is 0 Å². The molecule has 0 bridgehead atoms. The number of quaternary nitrogens is 1. The third-order valence-corrected chi connectivity index (χ3v) is 6.55. The predicted molar refractivity (Wildman–Crippen MR) is 145 cm³/mol. The monoisotopic (exact) mass is 482 g/mol. The summed E-state index contributed by atoms with van der Waals surface area (Å²) in [5, 5.41) is 0. The van der Waals surface area contributed by atoms with E-state index in [1.807, 2.05) is 25.1 Å². The largest absolute Gasteiger partial charge is 0.487 e. The zero-order chi connectivity index (χ0) is 25.5. The molecule has 2 rings (SSSR count). The number of nitrogens with zero attached hydrogens (tertiary/aromatic N) is 1. The molecule has 4 nitrogen and oxygen atoms in total. The van der Waals surface area contributed by atoms with E-state index in [9.17, 15) is 4.79 Å². The Hall–Kier alpha value is -2.33. The number of aryl methyl sites for hydroxylation is 1. The first kappa shape index (κ1) is 28.9. The van der Waals surface area contributed by atoms with Crippen molar-refractivity contribution in [1.29, 1.82) is 0 Å². The van der Waals surface area contributed by atoms with Gasteiger partial charge in [-0.3, -0.25) is 4.79 Å². The fraction of sp³-hybridized carbons (Fsp3) is 0.581. The number of ether oxygens (including phenoxy) is 2. The molecule has 0 aromatic heterocycles. The minimum atomic E-state index is -0.186. The molecule has 2 unspecified atom stereocenters. The summed E-state index contributed by atoms with van der Waals surface area (Å²) in [6.07, 6.45) is 9.31. The van der Waals surface area contributed by atoms with Gasteiger partial charge in [0.1, 0.15) is 30.9 Å². The van der Waals surface area contributed by atoms with Gasteiger partial charge in [-0.25, -0.2) is 0 Å². The Morgan fingerprint density at radius 2 is 1.54 bits per heavy atom. The third kappa shape index (κ3) is 11.3. The molecule has 0 radical (unpaired) electrons. The van der Waals surface area contributed by atoms with Gasteiger partial charge >= 0.3 is 5.97 Å². The van der Waals surface area contributed by atoms with Gasteiger partial charge in [-0.15, -0.1) is 0 Å². The molecule has 0 amide bonds. The van der Waals surface area contributed by atoms with Crippen molar-refractivity contribution < 1.29 is 18.8 Å². The molecule has 0 aliphatic rings. The Bertz CT molecular complexity index is 849. The zero-order valence-corrected chi connectivity index (χ0v) is 22.8. The molecule has 2 aromatic rings. The average Bonchev–Trinajstić information content (AvgIpc) is 2.84. The van der Waals surface area contributed by atoms with Gasteiger partial charge in [-0.1, -0.05) is 94.5 Å². The van der Waals surface area contributed by atoms with Crippen LogP contribution in [0.5, 0.6) is 5.75 Å². The number of benzene rings is 2. The van der Waals surface area contributed by atoms with Crippen molar-refractivity contribution >= 4 is 5.97 Å². The molecule has 0 spiro atoms. The molecule has 0 heterocycles. The molecule has 194 valence electrons. The molecule has 0 saturated heterocycles. The Kier molecular flexibility index (Phi) is 12.9. The Morgan fingerprint density at radius 1 is 0.886 bits per heavy atom. The molecule has 35 heavy (non-hydrogen) atoms. The quantitative estimate of drug-likeness (QED) is 0.136. The fourth-order valence-electron chi connectivity index (χ4n) is 4.60. The predicted octanol–water partition coefficient (Wildman–Crippen LogP) is 7.20. The number of carbonyl (C=O) groups excluding carboxylic acids is 1. The molecular formula is C31H48NO3+. The van der Waals surface area contributed by atoms with Crippen LogP contribution in [0.4, 0.5) is 0 Å². The highest BCUT2D eigenvalue weighted by Crippen LogP contribution is 2.23. The SMILES string of the molecule is CCCCCCCCc1ccccc1OC(C)COC(=O)C(CC)C[N+](C)(C)Cc1ccccc1. The second-order valence-corrected chi connectivity index (χ2v) is 10.6. The van der Waals surface area contributed by atoms with E-state index in [0.29, 0.717) is 0 Å². The maximum absolute atomic E-state index is 12.9. The van der Waals surface area contributed by atoms with E-state index in [1.165, 1.54) is 49.7 Å². The van der Waals surface area contributed by atoms with Crippen molar-refractivity contribution in [3.8, 4) is 5.75 Å². The maximum Gasteiger partial charge on any atom is 0.314 e. The van der Waals surface area contributed by atoms with Gasteiger partial charge in [-0.2, -0.15) is 0 Å². The lowest BCUT2D eigenvalue weighted by molar-refractivity contribution is -0.906. The molecule has 0 N–H and O–H groups in total. The molecule has 0 aliphatic heterocycles. The van der Waals surface area contributed by atoms with Crippen molar-refractivity contribution in [2.75, 3.05) is 27.2 Å². The smallest absolute Gasteiger partial charge is 0.314 e. The first-order valence-corrected chi connectivity index (χ1v) is 13.6. The molecule has 0 saturated carbocycles. The molecule has 0 aliphatic carbocycles. The van der Waals surface area contributed by atoms with Gasteiger partial charge in [0.05, 0.1) is 20.6 Å². The van der Waals surface area contributed by atoms with Crippen LogP contribution in [0.3, 0.4) is 0 Å². The molecule has 4 heteroatoms. The van der Waals surface area contributed by atoms with Crippen LogP contribution in [0, 0.1) is 5.92 Å². The van der Waals surface area contributed by atoms with E-state index < -0.39 is 0 Å². The number of para-hydroxylation sites is 1. The summed E-state index contributed by atoms with van der Waals surface area (Å²) in [6.45, 7) is 8.20. The second kappa shape index (κ2) is 15.6. The summed E-state index contributed by atoms with van der Waals surface area (Å²) in [5.41, 5.74) is 2.52. The van der Waals surface area contributed by atoms with Crippen LogP contribution < -0.4 is 4.74 Å². The van der Waals surface area contributed by atoms with E-state index in [1.54, 1.807) is 0 Å².